The van der Waals surface area contributed by atoms with E-state index in [1.807, 2.05) is 20.8 Å². The van der Waals surface area contributed by atoms with Crippen LogP contribution in [0.4, 0.5) is 0 Å². The highest BCUT2D eigenvalue weighted by Crippen LogP contribution is 2.10. The third-order valence-corrected chi connectivity index (χ3v) is 3.59. The number of carbonyl (C=O) groups excluding carboxylic acids is 1. The Morgan fingerprint density at radius 1 is 1.44 bits per heavy atom. The summed E-state index contributed by atoms with van der Waals surface area (Å²) in [6.45, 7) is 7.59. The SMILES string of the molecule is CCC(C)(C)NC(=O)CSCC(C)C(=O)O. The summed E-state index contributed by atoms with van der Waals surface area (Å²) in [5.74, 6) is -0.468. The minimum absolute atomic E-state index is 0.0329. The number of carboxylic acids is 1. The number of rotatable bonds is 7. The van der Waals surface area contributed by atoms with Crippen molar-refractivity contribution in [3.63, 3.8) is 0 Å². The van der Waals surface area contributed by atoms with Crippen LogP contribution in [0, 0.1) is 5.92 Å². The molecule has 1 unspecified atom stereocenters. The third-order valence-electron chi connectivity index (χ3n) is 2.38. The Bertz CT molecular complexity index is 254. The molecular formula is C11H21NO3S. The Kier molecular flexibility index (Phi) is 6.48. The lowest BCUT2D eigenvalue weighted by Crippen LogP contribution is -2.43. The number of aliphatic carboxylic acids is 1. The van der Waals surface area contributed by atoms with Crippen molar-refractivity contribution in [3.05, 3.63) is 0 Å². The van der Waals surface area contributed by atoms with Crippen molar-refractivity contribution in [2.45, 2.75) is 39.7 Å². The van der Waals surface area contributed by atoms with Gasteiger partial charge < -0.3 is 10.4 Å². The van der Waals surface area contributed by atoms with E-state index in [1.165, 1.54) is 11.8 Å². The first kappa shape index (κ1) is 15.3. The van der Waals surface area contributed by atoms with Crippen molar-refractivity contribution in [3.8, 4) is 0 Å². The van der Waals surface area contributed by atoms with E-state index in [0.29, 0.717) is 11.5 Å². The summed E-state index contributed by atoms with van der Waals surface area (Å²) in [6, 6.07) is 0. The summed E-state index contributed by atoms with van der Waals surface area (Å²) < 4.78 is 0. The lowest BCUT2D eigenvalue weighted by atomic mass is 10.0. The van der Waals surface area contributed by atoms with Crippen molar-refractivity contribution in [1.82, 2.24) is 5.32 Å². The number of thioether (sulfide) groups is 1. The monoisotopic (exact) mass is 247 g/mol. The molecule has 0 fully saturated rings. The molecule has 0 saturated carbocycles. The summed E-state index contributed by atoms with van der Waals surface area (Å²) in [6.07, 6.45) is 0.870. The zero-order valence-corrected chi connectivity index (χ0v) is 11.2. The molecule has 0 aromatic rings. The van der Waals surface area contributed by atoms with Crippen LogP contribution in [-0.2, 0) is 9.59 Å². The van der Waals surface area contributed by atoms with E-state index < -0.39 is 11.9 Å². The zero-order valence-electron chi connectivity index (χ0n) is 10.4. The third kappa shape index (κ3) is 6.71. The highest BCUT2D eigenvalue weighted by Gasteiger charge is 2.18. The van der Waals surface area contributed by atoms with E-state index >= 15 is 0 Å². The molecule has 1 amide bonds. The van der Waals surface area contributed by atoms with Gasteiger partial charge in [0.25, 0.3) is 0 Å². The van der Waals surface area contributed by atoms with E-state index in [2.05, 4.69) is 5.32 Å². The molecule has 94 valence electrons. The Morgan fingerprint density at radius 3 is 2.44 bits per heavy atom. The van der Waals surface area contributed by atoms with Crippen LogP contribution >= 0.6 is 11.8 Å². The van der Waals surface area contributed by atoms with Crippen molar-refractivity contribution in [2.24, 2.45) is 5.92 Å². The van der Waals surface area contributed by atoms with Crippen LogP contribution in [0.15, 0.2) is 0 Å². The fraction of sp³-hybridized carbons (Fsp3) is 0.818. The van der Waals surface area contributed by atoms with Gasteiger partial charge >= 0.3 is 5.97 Å². The molecule has 2 N–H and O–H groups in total. The molecule has 0 aromatic carbocycles. The van der Waals surface area contributed by atoms with Gasteiger partial charge in [0, 0.05) is 11.3 Å². The predicted octanol–water partition coefficient (Wildman–Crippen LogP) is 1.75. The lowest BCUT2D eigenvalue weighted by Gasteiger charge is -2.24. The molecule has 0 aromatic heterocycles. The number of carboxylic acid groups (broad SMARTS) is 1. The van der Waals surface area contributed by atoms with Gasteiger partial charge in [0.15, 0.2) is 0 Å². The van der Waals surface area contributed by atoms with Crippen LogP contribution in [0.25, 0.3) is 0 Å². The van der Waals surface area contributed by atoms with Crippen molar-refractivity contribution in [2.75, 3.05) is 11.5 Å². The Balaban J connectivity index is 3.79. The maximum Gasteiger partial charge on any atom is 0.307 e. The second-order valence-corrected chi connectivity index (χ2v) is 5.57. The second-order valence-electron chi connectivity index (χ2n) is 4.54. The summed E-state index contributed by atoms with van der Waals surface area (Å²) in [7, 11) is 0. The first-order valence-corrected chi connectivity index (χ1v) is 6.55. The fourth-order valence-electron chi connectivity index (χ4n) is 0.902. The minimum atomic E-state index is -0.818. The molecule has 0 aliphatic heterocycles. The summed E-state index contributed by atoms with van der Waals surface area (Å²) in [5.41, 5.74) is -0.184. The Morgan fingerprint density at radius 2 is 2.00 bits per heavy atom. The number of nitrogens with one attached hydrogen (secondary N) is 1. The van der Waals surface area contributed by atoms with Crippen LogP contribution in [-0.4, -0.2) is 34.0 Å². The molecule has 0 radical (unpaired) electrons. The van der Waals surface area contributed by atoms with E-state index in [1.54, 1.807) is 6.92 Å². The van der Waals surface area contributed by atoms with Gasteiger partial charge in [-0.2, -0.15) is 11.8 Å². The molecule has 4 nitrogen and oxygen atoms in total. The molecule has 1 atom stereocenters. The molecule has 0 saturated heterocycles. The minimum Gasteiger partial charge on any atom is -0.481 e. The van der Waals surface area contributed by atoms with Gasteiger partial charge in [0.1, 0.15) is 0 Å². The first-order valence-electron chi connectivity index (χ1n) is 5.40. The molecule has 0 aliphatic rings. The molecule has 16 heavy (non-hydrogen) atoms. The van der Waals surface area contributed by atoms with Gasteiger partial charge in [-0.25, -0.2) is 0 Å². The fourth-order valence-corrected chi connectivity index (χ4v) is 1.77. The maximum atomic E-state index is 11.5. The van der Waals surface area contributed by atoms with E-state index in [-0.39, 0.29) is 11.4 Å². The first-order chi connectivity index (χ1) is 7.28. The molecule has 0 rings (SSSR count). The van der Waals surface area contributed by atoms with Gasteiger partial charge in [-0.3, -0.25) is 9.59 Å². The molecule has 0 spiro atoms. The van der Waals surface area contributed by atoms with Crippen LogP contribution in [0.3, 0.4) is 0 Å². The van der Waals surface area contributed by atoms with Gasteiger partial charge in [0.05, 0.1) is 11.7 Å². The van der Waals surface area contributed by atoms with Crippen molar-refractivity contribution in [1.29, 1.82) is 0 Å². The maximum absolute atomic E-state index is 11.5. The Hall–Kier alpha value is -0.710. The largest absolute Gasteiger partial charge is 0.481 e. The van der Waals surface area contributed by atoms with Crippen LogP contribution in [0.5, 0.6) is 0 Å². The van der Waals surface area contributed by atoms with Gasteiger partial charge in [0.2, 0.25) is 5.91 Å². The molecule has 0 heterocycles. The standard InChI is InChI=1S/C11H21NO3S/c1-5-11(3,4)12-9(13)7-16-6-8(2)10(14)15/h8H,5-7H2,1-4H3,(H,12,13)(H,14,15). The van der Waals surface area contributed by atoms with E-state index in [9.17, 15) is 9.59 Å². The van der Waals surface area contributed by atoms with E-state index in [0.717, 1.165) is 6.42 Å². The molecule has 0 bridgehead atoms. The number of hydrogen-bond acceptors (Lipinski definition) is 3. The quantitative estimate of drug-likeness (QED) is 0.719. The van der Waals surface area contributed by atoms with Gasteiger partial charge in [-0.1, -0.05) is 13.8 Å². The normalized spacial score (nSPS) is 13.2. The molecule has 0 aliphatic carbocycles. The Labute approximate surface area is 101 Å². The second kappa shape index (κ2) is 6.78. The van der Waals surface area contributed by atoms with Gasteiger partial charge in [-0.15, -0.1) is 0 Å². The smallest absolute Gasteiger partial charge is 0.307 e. The summed E-state index contributed by atoms with van der Waals surface area (Å²) in [5, 5.41) is 11.6. The average Bonchev–Trinajstić information content (AvgIpc) is 2.16. The number of carbonyl (C=O) groups is 2. The number of hydrogen-bond donors (Lipinski definition) is 2. The van der Waals surface area contributed by atoms with Crippen molar-refractivity contribution < 1.29 is 14.7 Å². The molecular weight excluding hydrogens is 226 g/mol. The predicted molar refractivity (Wildman–Crippen MR) is 66.6 cm³/mol. The van der Waals surface area contributed by atoms with Gasteiger partial charge in [-0.05, 0) is 20.3 Å². The van der Waals surface area contributed by atoms with E-state index in [4.69, 9.17) is 5.11 Å². The van der Waals surface area contributed by atoms with Crippen LogP contribution in [0.1, 0.15) is 34.1 Å². The van der Waals surface area contributed by atoms with Crippen LogP contribution in [0.2, 0.25) is 0 Å². The lowest BCUT2D eigenvalue weighted by molar-refractivity contribution is -0.140. The summed E-state index contributed by atoms with van der Waals surface area (Å²) >= 11 is 1.36. The highest BCUT2D eigenvalue weighted by molar-refractivity contribution is 7.99. The van der Waals surface area contributed by atoms with Crippen LogP contribution < -0.4 is 5.32 Å². The number of amides is 1. The zero-order chi connectivity index (χ0) is 12.8. The molecule has 5 heteroatoms. The highest BCUT2D eigenvalue weighted by atomic mass is 32.2. The topological polar surface area (TPSA) is 66.4 Å². The average molecular weight is 247 g/mol. The summed E-state index contributed by atoms with van der Waals surface area (Å²) in [4.78, 5) is 22.0. The van der Waals surface area contributed by atoms with Crippen molar-refractivity contribution >= 4 is 23.6 Å².